The third-order valence-electron chi connectivity index (χ3n) is 2.65. The summed E-state index contributed by atoms with van der Waals surface area (Å²) in [5.74, 6) is 0.518. The van der Waals surface area contributed by atoms with Gasteiger partial charge in [0.25, 0.3) is 10.1 Å². The molecule has 0 saturated carbocycles. The van der Waals surface area contributed by atoms with Crippen LogP contribution in [-0.4, -0.2) is 14.2 Å². The van der Waals surface area contributed by atoms with Crippen LogP contribution in [0.2, 0.25) is 0 Å². The van der Waals surface area contributed by atoms with E-state index >= 15 is 0 Å². The first-order valence-corrected chi connectivity index (χ1v) is 8.76. The van der Waals surface area contributed by atoms with E-state index in [-0.39, 0.29) is 5.75 Å². The average Bonchev–Trinajstić information content (AvgIpc) is 2.45. The molecule has 2 rings (SSSR count). The highest BCUT2D eigenvalue weighted by molar-refractivity contribution is 8.04. The zero-order valence-electron chi connectivity index (χ0n) is 10.9. The number of hydrogen-bond donors (Lipinski definition) is 0. The Bertz CT molecular complexity index is 610. The fraction of sp³-hybridized carbons (Fsp3) is 0.200. The fourth-order valence-corrected chi connectivity index (χ4v) is 3.68. The largest absolute Gasteiger partial charge is 0.282 e. The van der Waals surface area contributed by atoms with E-state index in [1.54, 1.807) is 12.1 Å². The van der Waals surface area contributed by atoms with Crippen LogP contribution < -0.4 is 0 Å². The average molecular weight is 308 g/mol. The molecule has 0 aliphatic rings. The maximum atomic E-state index is 11.8. The summed E-state index contributed by atoms with van der Waals surface area (Å²) in [5, 5.41) is 0. The molecule has 0 atom stereocenters. The van der Waals surface area contributed by atoms with E-state index < -0.39 is 10.1 Å². The fourth-order valence-electron chi connectivity index (χ4n) is 1.71. The standard InChI is InChI=1S/C15H16O3S2/c16-20(17,13-15-9-5-2-6-10-15)18-19-12-11-14-7-3-1-4-8-14/h1-10H,11-13H2. The normalized spacial score (nSPS) is 11.4. The van der Waals surface area contributed by atoms with Crippen molar-refractivity contribution in [2.75, 3.05) is 5.75 Å². The van der Waals surface area contributed by atoms with Crippen molar-refractivity contribution in [3.8, 4) is 0 Å². The number of rotatable bonds is 7. The minimum Gasteiger partial charge on any atom is -0.198 e. The minimum absolute atomic E-state index is 0.0911. The van der Waals surface area contributed by atoms with Crippen molar-refractivity contribution in [2.24, 2.45) is 0 Å². The van der Waals surface area contributed by atoms with Crippen LogP contribution in [0.25, 0.3) is 0 Å². The van der Waals surface area contributed by atoms with Crippen LogP contribution in [0.1, 0.15) is 11.1 Å². The van der Waals surface area contributed by atoms with Crippen LogP contribution >= 0.6 is 12.0 Å². The highest BCUT2D eigenvalue weighted by Gasteiger charge is 2.12. The summed E-state index contributed by atoms with van der Waals surface area (Å²) < 4.78 is 28.5. The van der Waals surface area contributed by atoms with Gasteiger partial charge in [0.15, 0.2) is 0 Å². The van der Waals surface area contributed by atoms with Gasteiger partial charge in [-0.3, -0.25) is 0 Å². The first-order chi connectivity index (χ1) is 9.66. The summed E-state index contributed by atoms with van der Waals surface area (Å²) in [6.45, 7) is 0. The van der Waals surface area contributed by atoms with Crippen LogP contribution in [0.3, 0.4) is 0 Å². The lowest BCUT2D eigenvalue weighted by molar-refractivity contribution is 0.517. The zero-order valence-corrected chi connectivity index (χ0v) is 12.6. The summed E-state index contributed by atoms with van der Waals surface area (Å²) in [7, 11) is -3.53. The highest BCUT2D eigenvalue weighted by atomic mass is 32.3. The molecular weight excluding hydrogens is 292 g/mol. The lowest BCUT2D eigenvalue weighted by atomic mass is 10.2. The Labute approximate surface area is 124 Å². The molecule has 5 heteroatoms. The number of aryl methyl sites for hydroxylation is 1. The minimum atomic E-state index is -3.53. The number of benzene rings is 2. The summed E-state index contributed by atoms with van der Waals surface area (Å²) >= 11 is 0.986. The van der Waals surface area contributed by atoms with Crippen molar-refractivity contribution in [3.63, 3.8) is 0 Å². The molecule has 106 valence electrons. The monoisotopic (exact) mass is 308 g/mol. The quantitative estimate of drug-likeness (QED) is 0.580. The van der Waals surface area contributed by atoms with Gasteiger partial charge in [0.2, 0.25) is 0 Å². The molecule has 0 amide bonds. The molecule has 0 bridgehead atoms. The number of hydrogen-bond acceptors (Lipinski definition) is 4. The van der Waals surface area contributed by atoms with Gasteiger partial charge in [-0.05, 0) is 17.5 Å². The van der Waals surface area contributed by atoms with E-state index in [1.165, 1.54) is 5.56 Å². The van der Waals surface area contributed by atoms with Crippen LogP contribution in [0.5, 0.6) is 0 Å². The van der Waals surface area contributed by atoms with Gasteiger partial charge in [-0.15, -0.1) is 0 Å². The van der Waals surface area contributed by atoms with Crippen molar-refractivity contribution in [1.29, 1.82) is 0 Å². The maximum absolute atomic E-state index is 11.8. The Hall–Kier alpha value is -1.30. The van der Waals surface area contributed by atoms with E-state index in [0.717, 1.165) is 24.0 Å². The van der Waals surface area contributed by atoms with E-state index in [0.29, 0.717) is 5.75 Å². The van der Waals surface area contributed by atoms with Crippen LogP contribution in [0.4, 0.5) is 0 Å². The lowest BCUT2D eigenvalue weighted by Gasteiger charge is -2.04. The summed E-state index contributed by atoms with van der Waals surface area (Å²) in [6, 6.07) is 18.9. The maximum Gasteiger partial charge on any atom is 0.282 e. The van der Waals surface area contributed by atoms with Crippen molar-refractivity contribution < 1.29 is 12.0 Å². The second-order valence-corrected chi connectivity index (χ2v) is 6.91. The van der Waals surface area contributed by atoms with Gasteiger partial charge in [-0.25, -0.2) is 0 Å². The van der Waals surface area contributed by atoms with Crippen molar-refractivity contribution >= 4 is 22.2 Å². The molecule has 0 aromatic heterocycles. The van der Waals surface area contributed by atoms with Gasteiger partial charge < -0.3 is 0 Å². The molecule has 0 fully saturated rings. The molecule has 0 unspecified atom stereocenters. The Morgan fingerprint density at radius 1 is 0.850 bits per heavy atom. The Morgan fingerprint density at radius 2 is 1.40 bits per heavy atom. The molecule has 0 aliphatic carbocycles. The predicted molar refractivity (Wildman–Crippen MR) is 82.8 cm³/mol. The van der Waals surface area contributed by atoms with E-state index in [9.17, 15) is 8.42 Å². The van der Waals surface area contributed by atoms with E-state index in [1.807, 2.05) is 48.5 Å². The molecule has 0 aliphatic heterocycles. The van der Waals surface area contributed by atoms with Crippen LogP contribution in [-0.2, 0) is 25.9 Å². The SMILES string of the molecule is O=S(=O)(Cc1ccccc1)OSCCc1ccccc1. The van der Waals surface area contributed by atoms with E-state index in [2.05, 4.69) is 0 Å². The van der Waals surface area contributed by atoms with Gasteiger partial charge in [0.1, 0.15) is 5.75 Å². The van der Waals surface area contributed by atoms with Gasteiger partial charge in [0.05, 0.1) is 0 Å². The second-order valence-electron chi connectivity index (χ2n) is 4.31. The molecule has 3 nitrogen and oxygen atoms in total. The first-order valence-electron chi connectivity index (χ1n) is 6.27. The Kier molecular flexibility index (Phi) is 5.64. The second kappa shape index (κ2) is 7.47. The molecule has 0 N–H and O–H groups in total. The topological polar surface area (TPSA) is 43.4 Å². The summed E-state index contributed by atoms with van der Waals surface area (Å²) in [4.78, 5) is 0. The third kappa shape index (κ3) is 5.36. The molecule has 20 heavy (non-hydrogen) atoms. The van der Waals surface area contributed by atoms with Gasteiger partial charge >= 0.3 is 0 Å². The molecular formula is C15H16O3S2. The zero-order chi connectivity index (χ0) is 14.3. The van der Waals surface area contributed by atoms with Gasteiger partial charge in [0, 0.05) is 17.8 Å². The molecule has 2 aromatic carbocycles. The van der Waals surface area contributed by atoms with E-state index in [4.69, 9.17) is 3.63 Å². The lowest BCUT2D eigenvalue weighted by Crippen LogP contribution is -2.05. The van der Waals surface area contributed by atoms with Crippen molar-refractivity contribution in [2.45, 2.75) is 12.2 Å². The molecule has 2 aromatic rings. The van der Waals surface area contributed by atoms with Crippen LogP contribution in [0, 0.1) is 0 Å². The summed E-state index contributed by atoms with van der Waals surface area (Å²) in [5.41, 5.74) is 1.90. The summed E-state index contributed by atoms with van der Waals surface area (Å²) in [6.07, 6.45) is 0.784. The predicted octanol–water partition coefficient (Wildman–Crippen LogP) is 3.42. The molecule has 0 saturated heterocycles. The van der Waals surface area contributed by atoms with Crippen molar-refractivity contribution in [3.05, 3.63) is 71.8 Å². The Morgan fingerprint density at radius 3 is 2.00 bits per heavy atom. The molecule has 0 spiro atoms. The highest BCUT2D eigenvalue weighted by Crippen LogP contribution is 2.15. The molecule has 0 radical (unpaired) electrons. The van der Waals surface area contributed by atoms with Crippen molar-refractivity contribution in [1.82, 2.24) is 0 Å². The first kappa shape index (κ1) is 15.1. The smallest absolute Gasteiger partial charge is 0.198 e. The van der Waals surface area contributed by atoms with Crippen LogP contribution in [0.15, 0.2) is 60.7 Å². The Balaban J connectivity index is 1.76. The third-order valence-corrected chi connectivity index (χ3v) is 4.93. The van der Waals surface area contributed by atoms with Gasteiger partial charge in [-0.2, -0.15) is 12.0 Å². The molecule has 0 heterocycles. The van der Waals surface area contributed by atoms with Gasteiger partial charge in [-0.1, -0.05) is 60.7 Å².